The number of carbonyl (C=O) groups is 1. The van der Waals surface area contributed by atoms with Crippen LogP contribution in [0.25, 0.3) is 0 Å². The summed E-state index contributed by atoms with van der Waals surface area (Å²) in [5, 5.41) is 3.54. The van der Waals surface area contributed by atoms with E-state index in [9.17, 15) is 4.79 Å². The van der Waals surface area contributed by atoms with E-state index in [0.29, 0.717) is 6.04 Å². The number of aromatic nitrogens is 1. The molecule has 1 saturated heterocycles. The van der Waals surface area contributed by atoms with Gasteiger partial charge in [0.25, 0.3) is 5.91 Å². The molecular weight excluding hydrogens is 322 g/mol. The van der Waals surface area contributed by atoms with E-state index in [1.165, 1.54) is 25.7 Å². The molecule has 2 heterocycles. The largest absolute Gasteiger partial charge is 0.367 e. The highest BCUT2D eigenvalue weighted by Gasteiger charge is 2.29. The van der Waals surface area contributed by atoms with Crippen LogP contribution in [0.5, 0.6) is 0 Å². The number of benzene rings is 1. The minimum absolute atomic E-state index is 0.128. The van der Waals surface area contributed by atoms with Crippen molar-refractivity contribution in [3.63, 3.8) is 0 Å². The van der Waals surface area contributed by atoms with E-state index in [1.807, 2.05) is 41.4 Å². The first-order valence-electron chi connectivity index (χ1n) is 9.90. The lowest BCUT2D eigenvalue weighted by Gasteiger charge is -2.36. The van der Waals surface area contributed by atoms with Crippen LogP contribution in [0.15, 0.2) is 48.7 Å². The molecule has 4 rings (SSSR count). The number of nitrogens with zero attached hydrogens (tertiary/aromatic N) is 2. The summed E-state index contributed by atoms with van der Waals surface area (Å²) in [7, 11) is 0. The van der Waals surface area contributed by atoms with Crippen molar-refractivity contribution in [1.82, 2.24) is 9.88 Å². The van der Waals surface area contributed by atoms with Crippen LogP contribution in [-0.2, 0) is 0 Å². The Labute approximate surface area is 155 Å². The third kappa shape index (κ3) is 3.74. The monoisotopic (exact) mass is 349 g/mol. The van der Waals surface area contributed by atoms with Gasteiger partial charge in [0.05, 0.1) is 6.04 Å². The highest BCUT2D eigenvalue weighted by atomic mass is 16.2. The zero-order chi connectivity index (χ0) is 17.8. The fraction of sp³-hybridized carbons (Fsp3) is 0.455. The van der Waals surface area contributed by atoms with Crippen molar-refractivity contribution in [1.29, 1.82) is 0 Å². The molecule has 136 valence electrons. The maximum Gasteiger partial charge on any atom is 0.254 e. The number of piperidine rings is 1. The second-order valence-corrected chi connectivity index (χ2v) is 7.48. The molecule has 1 atom stereocenters. The Morgan fingerprint density at radius 2 is 1.73 bits per heavy atom. The van der Waals surface area contributed by atoms with E-state index in [2.05, 4.69) is 22.4 Å². The smallest absolute Gasteiger partial charge is 0.254 e. The van der Waals surface area contributed by atoms with E-state index in [-0.39, 0.29) is 11.9 Å². The molecule has 2 aromatic rings. The molecule has 1 saturated carbocycles. The Balaban J connectivity index is 1.49. The first kappa shape index (κ1) is 17.1. The van der Waals surface area contributed by atoms with Crippen molar-refractivity contribution in [3.8, 4) is 0 Å². The van der Waals surface area contributed by atoms with Crippen molar-refractivity contribution in [3.05, 3.63) is 59.8 Å². The van der Waals surface area contributed by atoms with Crippen molar-refractivity contribution in [2.24, 2.45) is 0 Å². The van der Waals surface area contributed by atoms with Crippen molar-refractivity contribution < 1.29 is 4.79 Å². The molecule has 1 aliphatic heterocycles. The van der Waals surface area contributed by atoms with E-state index in [0.717, 1.165) is 42.8 Å². The van der Waals surface area contributed by atoms with E-state index < -0.39 is 0 Å². The first-order chi connectivity index (χ1) is 12.8. The summed E-state index contributed by atoms with van der Waals surface area (Å²) in [6, 6.07) is 14.5. The summed E-state index contributed by atoms with van der Waals surface area (Å²) >= 11 is 0. The lowest BCUT2D eigenvalue weighted by Crippen LogP contribution is -2.38. The quantitative estimate of drug-likeness (QED) is 0.862. The Kier molecular flexibility index (Phi) is 5.19. The Morgan fingerprint density at radius 1 is 0.962 bits per heavy atom. The number of anilines is 1. The molecule has 0 unspecified atom stereocenters. The molecule has 1 N–H and O–H groups in total. The predicted octanol–water partition coefficient (Wildman–Crippen LogP) is 4.80. The number of hydrogen-bond donors (Lipinski definition) is 1. The summed E-state index contributed by atoms with van der Waals surface area (Å²) in [6.45, 7) is 0.820. The minimum atomic E-state index is 0.128. The maximum absolute atomic E-state index is 13.0. The summed E-state index contributed by atoms with van der Waals surface area (Å²) in [4.78, 5) is 19.6. The van der Waals surface area contributed by atoms with Crippen molar-refractivity contribution in [2.45, 2.75) is 57.0 Å². The average molecular weight is 349 g/mol. The molecule has 1 aliphatic carbocycles. The summed E-state index contributed by atoms with van der Waals surface area (Å²) in [5.41, 5.74) is 1.91. The van der Waals surface area contributed by atoms with Gasteiger partial charge in [-0.3, -0.25) is 4.79 Å². The number of rotatable bonds is 4. The second-order valence-electron chi connectivity index (χ2n) is 7.48. The molecule has 1 amide bonds. The molecular formula is C22H27N3O. The lowest BCUT2D eigenvalue weighted by molar-refractivity contribution is 0.0611. The van der Waals surface area contributed by atoms with Gasteiger partial charge in [0.2, 0.25) is 0 Å². The first-order valence-corrected chi connectivity index (χ1v) is 9.90. The van der Waals surface area contributed by atoms with E-state index >= 15 is 0 Å². The second kappa shape index (κ2) is 7.90. The maximum atomic E-state index is 13.0. The van der Waals surface area contributed by atoms with Crippen LogP contribution in [0.2, 0.25) is 0 Å². The molecule has 26 heavy (non-hydrogen) atoms. The third-order valence-corrected chi connectivity index (χ3v) is 5.66. The van der Waals surface area contributed by atoms with Gasteiger partial charge in [0, 0.05) is 24.3 Å². The molecule has 1 aromatic carbocycles. The van der Waals surface area contributed by atoms with Crippen LogP contribution in [0.4, 0.5) is 5.82 Å². The normalized spacial score (nSPS) is 20.9. The summed E-state index contributed by atoms with van der Waals surface area (Å²) in [5.74, 6) is 1.08. The molecule has 0 bridgehead atoms. The molecule has 4 heteroatoms. The van der Waals surface area contributed by atoms with Crippen LogP contribution in [-0.4, -0.2) is 28.4 Å². The van der Waals surface area contributed by atoms with Gasteiger partial charge in [-0.15, -0.1) is 0 Å². The van der Waals surface area contributed by atoms with Gasteiger partial charge in [-0.1, -0.05) is 37.1 Å². The average Bonchev–Trinajstić information content (AvgIpc) is 3.22. The highest BCUT2D eigenvalue weighted by Crippen LogP contribution is 2.32. The van der Waals surface area contributed by atoms with Gasteiger partial charge in [-0.05, 0) is 55.9 Å². The van der Waals surface area contributed by atoms with Crippen LogP contribution in [0.1, 0.15) is 66.9 Å². The van der Waals surface area contributed by atoms with Gasteiger partial charge in [0.1, 0.15) is 5.82 Å². The lowest BCUT2D eigenvalue weighted by atomic mass is 9.95. The zero-order valence-corrected chi connectivity index (χ0v) is 15.2. The predicted molar refractivity (Wildman–Crippen MR) is 104 cm³/mol. The zero-order valence-electron chi connectivity index (χ0n) is 15.2. The molecule has 2 aliphatic rings. The number of likely N-dealkylation sites (tertiary alicyclic amines) is 1. The molecule has 0 spiro atoms. The third-order valence-electron chi connectivity index (χ3n) is 5.66. The summed E-state index contributed by atoms with van der Waals surface area (Å²) in [6.07, 6.45) is 10.3. The van der Waals surface area contributed by atoms with Gasteiger partial charge in [-0.25, -0.2) is 4.98 Å². The van der Waals surface area contributed by atoms with Crippen LogP contribution in [0, 0.1) is 0 Å². The molecule has 0 radical (unpaired) electrons. The SMILES string of the molecule is O=C(c1ccccc1)N1CCCC[C@H]1c1ccc(NC2CCCC2)nc1. The van der Waals surface area contributed by atoms with Crippen LogP contribution in [0.3, 0.4) is 0 Å². The van der Waals surface area contributed by atoms with Crippen LogP contribution < -0.4 is 5.32 Å². The molecule has 1 aromatic heterocycles. The highest BCUT2D eigenvalue weighted by molar-refractivity contribution is 5.94. The standard InChI is InChI=1S/C22H27N3O/c26-22(17-8-2-1-3-9-17)25-15-7-6-12-20(25)18-13-14-21(23-16-18)24-19-10-4-5-11-19/h1-3,8-9,13-14,16,19-20H,4-7,10-12,15H2,(H,23,24)/t20-/m0/s1. The number of amides is 1. The van der Waals surface area contributed by atoms with Crippen molar-refractivity contribution in [2.75, 3.05) is 11.9 Å². The van der Waals surface area contributed by atoms with Crippen molar-refractivity contribution >= 4 is 11.7 Å². The van der Waals surface area contributed by atoms with Gasteiger partial charge in [0.15, 0.2) is 0 Å². The van der Waals surface area contributed by atoms with E-state index in [4.69, 9.17) is 0 Å². The van der Waals surface area contributed by atoms with Gasteiger partial charge >= 0.3 is 0 Å². The molecule has 2 fully saturated rings. The van der Waals surface area contributed by atoms with Crippen LogP contribution >= 0.6 is 0 Å². The van der Waals surface area contributed by atoms with Gasteiger partial charge in [-0.2, -0.15) is 0 Å². The number of hydrogen-bond acceptors (Lipinski definition) is 3. The fourth-order valence-electron chi connectivity index (χ4n) is 4.23. The summed E-state index contributed by atoms with van der Waals surface area (Å²) < 4.78 is 0. The molecule has 4 nitrogen and oxygen atoms in total. The Hall–Kier alpha value is -2.36. The number of carbonyl (C=O) groups excluding carboxylic acids is 1. The van der Waals surface area contributed by atoms with Gasteiger partial charge < -0.3 is 10.2 Å². The Morgan fingerprint density at radius 3 is 2.46 bits per heavy atom. The van der Waals surface area contributed by atoms with E-state index in [1.54, 1.807) is 0 Å². The number of pyridine rings is 1. The minimum Gasteiger partial charge on any atom is -0.367 e. The fourth-order valence-corrected chi connectivity index (χ4v) is 4.23. The Bertz CT molecular complexity index is 723. The number of nitrogens with one attached hydrogen (secondary N) is 1. The topological polar surface area (TPSA) is 45.2 Å².